The largest absolute Gasteiger partial charge is 0.376 e. The summed E-state index contributed by atoms with van der Waals surface area (Å²) < 4.78 is 6.85. The Morgan fingerprint density at radius 1 is 1.48 bits per heavy atom. The number of hydrogen-bond acceptors (Lipinski definition) is 6. The summed E-state index contributed by atoms with van der Waals surface area (Å²) in [5.41, 5.74) is 1.09. The van der Waals surface area contributed by atoms with Gasteiger partial charge in [-0.25, -0.2) is 9.78 Å². The fourth-order valence-corrected chi connectivity index (χ4v) is 3.04. The van der Waals surface area contributed by atoms with Gasteiger partial charge in [0.25, 0.3) is 0 Å². The van der Waals surface area contributed by atoms with E-state index in [0.29, 0.717) is 17.3 Å². The molecule has 0 bridgehead atoms. The predicted octanol–water partition coefficient (Wildman–Crippen LogP) is 0.785. The molecule has 1 N–H and O–H groups in total. The highest BCUT2D eigenvalue weighted by molar-refractivity contribution is 7.99. The van der Waals surface area contributed by atoms with Crippen molar-refractivity contribution in [3.05, 3.63) is 34.4 Å². The van der Waals surface area contributed by atoms with Gasteiger partial charge in [0, 0.05) is 19.3 Å². The summed E-state index contributed by atoms with van der Waals surface area (Å²) in [6.45, 7) is 3.19. The molecule has 122 valence electrons. The fraction of sp³-hybridized carbons (Fsp3) is 0.467. The Kier molecular flexibility index (Phi) is 4.92. The van der Waals surface area contributed by atoms with E-state index in [-0.39, 0.29) is 23.5 Å². The molecule has 1 aliphatic heterocycles. The first-order valence-electron chi connectivity index (χ1n) is 7.50. The summed E-state index contributed by atoms with van der Waals surface area (Å²) in [5, 5.41) is 3.14. The van der Waals surface area contributed by atoms with Gasteiger partial charge in [0.2, 0.25) is 5.91 Å². The number of thioether (sulfide) groups is 1. The van der Waals surface area contributed by atoms with Gasteiger partial charge in [0.05, 0.1) is 11.9 Å². The normalized spacial score (nSPS) is 17.5. The maximum absolute atomic E-state index is 12.0. The third-order valence-electron chi connectivity index (χ3n) is 3.57. The van der Waals surface area contributed by atoms with Crippen LogP contribution in [0.5, 0.6) is 0 Å². The number of ether oxygens (including phenoxy) is 1. The summed E-state index contributed by atoms with van der Waals surface area (Å²) in [4.78, 5) is 32.0. The Hall–Kier alpha value is -1.93. The van der Waals surface area contributed by atoms with Crippen molar-refractivity contribution in [3.63, 3.8) is 0 Å². The summed E-state index contributed by atoms with van der Waals surface area (Å²) >= 11 is 1.16. The summed E-state index contributed by atoms with van der Waals surface area (Å²) in [6.07, 6.45) is 3.84. The van der Waals surface area contributed by atoms with Gasteiger partial charge in [-0.3, -0.25) is 9.20 Å². The zero-order chi connectivity index (χ0) is 16.2. The molecular weight excluding hydrogens is 316 g/mol. The average molecular weight is 334 g/mol. The van der Waals surface area contributed by atoms with E-state index < -0.39 is 0 Å². The molecule has 3 rings (SSSR count). The van der Waals surface area contributed by atoms with E-state index >= 15 is 0 Å². The zero-order valence-electron chi connectivity index (χ0n) is 12.8. The van der Waals surface area contributed by atoms with Crippen LogP contribution in [-0.2, 0) is 9.53 Å². The summed E-state index contributed by atoms with van der Waals surface area (Å²) in [5.74, 6) is 0.0620. The second-order valence-electron chi connectivity index (χ2n) is 5.45. The molecule has 3 heterocycles. The Balaban J connectivity index is 1.59. The van der Waals surface area contributed by atoms with Gasteiger partial charge < -0.3 is 10.1 Å². The highest BCUT2D eigenvalue weighted by atomic mass is 32.2. The van der Waals surface area contributed by atoms with Crippen LogP contribution >= 0.6 is 11.8 Å². The second-order valence-corrected chi connectivity index (χ2v) is 6.39. The lowest BCUT2D eigenvalue weighted by atomic mass is 10.2. The van der Waals surface area contributed by atoms with Crippen molar-refractivity contribution in [1.82, 2.24) is 19.7 Å². The van der Waals surface area contributed by atoms with Crippen LogP contribution in [0.2, 0.25) is 0 Å². The van der Waals surface area contributed by atoms with E-state index in [4.69, 9.17) is 4.74 Å². The minimum absolute atomic E-state index is 0.113. The van der Waals surface area contributed by atoms with E-state index in [1.165, 1.54) is 4.40 Å². The smallest absolute Gasteiger partial charge is 0.355 e. The van der Waals surface area contributed by atoms with Crippen LogP contribution in [0.4, 0.5) is 0 Å². The molecule has 1 atom stereocenters. The minimum Gasteiger partial charge on any atom is -0.376 e. The summed E-state index contributed by atoms with van der Waals surface area (Å²) in [7, 11) is 0. The Labute approximate surface area is 137 Å². The molecule has 0 radical (unpaired) electrons. The van der Waals surface area contributed by atoms with Crippen molar-refractivity contribution in [2.45, 2.75) is 31.0 Å². The number of nitrogens with one attached hydrogen (secondary N) is 1. The molecule has 1 aliphatic rings. The molecule has 2 aromatic rings. The van der Waals surface area contributed by atoms with E-state index in [0.717, 1.165) is 36.8 Å². The number of rotatable bonds is 5. The molecular formula is C15H18N4O3S. The SMILES string of the molecule is Cc1ccc2nc(SCC(=O)NCC3CCCO3)nc(=O)n2c1. The first kappa shape index (κ1) is 15.9. The number of aryl methyl sites for hydroxylation is 1. The molecule has 1 saturated heterocycles. The first-order valence-corrected chi connectivity index (χ1v) is 8.48. The molecule has 7 nitrogen and oxygen atoms in total. The summed E-state index contributed by atoms with van der Waals surface area (Å²) in [6, 6.07) is 3.64. The minimum atomic E-state index is -0.388. The van der Waals surface area contributed by atoms with Crippen molar-refractivity contribution in [2.75, 3.05) is 18.9 Å². The molecule has 23 heavy (non-hydrogen) atoms. The third kappa shape index (κ3) is 4.08. The van der Waals surface area contributed by atoms with E-state index in [9.17, 15) is 9.59 Å². The van der Waals surface area contributed by atoms with Crippen LogP contribution in [0.15, 0.2) is 28.3 Å². The number of carbonyl (C=O) groups excluding carboxylic acids is 1. The van der Waals surface area contributed by atoms with Gasteiger partial charge in [0.1, 0.15) is 5.65 Å². The van der Waals surface area contributed by atoms with Crippen LogP contribution in [0.25, 0.3) is 5.65 Å². The van der Waals surface area contributed by atoms with Gasteiger partial charge in [-0.15, -0.1) is 0 Å². The van der Waals surface area contributed by atoms with E-state index in [1.807, 2.05) is 13.0 Å². The van der Waals surface area contributed by atoms with Gasteiger partial charge in [-0.2, -0.15) is 4.98 Å². The molecule has 1 amide bonds. The van der Waals surface area contributed by atoms with Gasteiger partial charge in [-0.05, 0) is 31.4 Å². The number of amides is 1. The lowest BCUT2D eigenvalue weighted by Crippen LogP contribution is -2.33. The highest BCUT2D eigenvalue weighted by Gasteiger charge is 2.16. The number of pyridine rings is 1. The monoisotopic (exact) mass is 334 g/mol. The predicted molar refractivity (Wildman–Crippen MR) is 86.7 cm³/mol. The number of hydrogen-bond donors (Lipinski definition) is 1. The van der Waals surface area contributed by atoms with E-state index in [2.05, 4.69) is 15.3 Å². The fourth-order valence-electron chi connectivity index (χ4n) is 2.38. The molecule has 0 aromatic carbocycles. The Bertz CT molecular complexity index is 771. The van der Waals surface area contributed by atoms with Crippen LogP contribution in [0.1, 0.15) is 18.4 Å². The molecule has 0 spiro atoms. The number of aromatic nitrogens is 3. The lowest BCUT2D eigenvalue weighted by Gasteiger charge is -2.10. The quantitative estimate of drug-likeness (QED) is 0.814. The number of fused-ring (bicyclic) bond motifs is 1. The van der Waals surface area contributed by atoms with Crippen molar-refractivity contribution in [2.24, 2.45) is 0 Å². The highest BCUT2D eigenvalue weighted by Crippen LogP contribution is 2.13. The molecule has 0 saturated carbocycles. The molecule has 8 heteroatoms. The van der Waals surface area contributed by atoms with Crippen LogP contribution < -0.4 is 11.0 Å². The molecule has 2 aromatic heterocycles. The lowest BCUT2D eigenvalue weighted by molar-refractivity contribution is -0.119. The molecule has 0 aliphatic carbocycles. The van der Waals surface area contributed by atoms with Gasteiger partial charge in [0.15, 0.2) is 5.16 Å². The van der Waals surface area contributed by atoms with Gasteiger partial charge >= 0.3 is 5.69 Å². The third-order valence-corrected chi connectivity index (χ3v) is 4.41. The number of nitrogens with zero attached hydrogens (tertiary/aromatic N) is 3. The van der Waals surface area contributed by atoms with Crippen molar-refractivity contribution in [1.29, 1.82) is 0 Å². The zero-order valence-corrected chi connectivity index (χ0v) is 13.6. The average Bonchev–Trinajstić information content (AvgIpc) is 3.05. The van der Waals surface area contributed by atoms with Crippen LogP contribution in [-0.4, -0.2) is 45.3 Å². The van der Waals surface area contributed by atoms with Crippen LogP contribution in [0.3, 0.4) is 0 Å². The number of carbonyl (C=O) groups is 1. The van der Waals surface area contributed by atoms with Crippen molar-refractivity contribution < 1.29 is 9.53 Å². The van der Waals surface area contributed by atoms with E-state index in [1.54, 1.807) is 12.3 Å². The maximum Gasteiger partial charge on any atom is 0.355 e. The first-order chi connectivity index (χ1) is 11.1. The van der Waals surface area contributed by atoms with Gasteiger partial charge in [-0.1, -0.05) is 17.8 Å². The topological polar surface area (TPSA) is 85.6 Å². The van der Waals surface area contributed by atoms with Crippen molar-refractivity contribution in [3.8, 4) is 0 Å². The molecule has 1 unspecified atom stereocenters. The van der Waals surface area contributed by atoms with Crippen molar-refractivity contribution >= 4 is 23.3 Å². The molecule has 1 fully saturated rings. The Morgan fingerprint density at radius 3 is 3.13 bits per heavy atom. The second kappa shape index (κ2) is 7.10. The standard InChI is InChI=1S/C15H18N4O3S/c1-10-4-5-12-17-14(18-15(21)19(12)8-10)23-9-13(20)16-7-11-3-2-6-22-11/h4-5,8,11H,2-3,6-7,9H2,1H3,(H,16,20). The Morgan fingerprint density at radius 2 is 2.35 bits per heavy atom. The van der Waals surface area contributed by atoms with Crippen LogP contribution in [0, 0.1) is 6.92 Å². The maximum atomic E-state index is 12.0.